The second kappa shape index (κ2) is 5.82. The summed E-state index contributed by atoms with van der Waals surface area (Å²) in [6, 6.07) is 9.21. The van der Waals surface area contributed by atoms with Crippen LogP contribution in [0.25, 0.3) is 0 Å². The molecule has 15 heavy (non-hydrogen) atoms. The fourth-order valence-electron chi connectivity index (χ4n) is 0.918. The van der Waals surface area contributed by atoms with E-state index >= 15 is 0 Å². The Bertz CT molecular complexity index is 379. The maximum Gasteiger partial charge on any atom is 0.141 e. The molecule has 1 aromatic carbocycles. The molecule has 0 aliphatic heterocycles. The normalized spacial score (nSPS) is 12.3. The molecule has 3 heteroatoms. The lowest BCUT2D eigenvalue weighted by atomic mass is 10.1. The van der Waals surface area contributed by atoms with Crippen LogP contribution in [0.1, 0.15) is 31.4 Å². The summed E-state index contributed by atoms with van der Waals surface area (Å²) in [6.45, 7) is 3.95. The summed E-state index contributed by atoms with van der Waals surface area (Å²) in [4.78, 5) is 5.10. The fourth-order valence-corrected chi connectivity index (χ4v) is 0.918. The maximum atomic E-state index is 8.80. The zero-order valence-corrected chi connectivity index (χ0v) is 8.90. The van der Waals surface area contributed by atoms with E-state index in [1.807, 2.05) is 19.9 Å². The van der Waals surface area contributed by atoms with Crippen LogP contribution in [0.2, 0.25) is 0 Å². The Hall–Kier alpha value is -1.82. The maximum absolute atomic E-state index is 8.80. The first-order valence-electron chi connectivity index (χ1n) is 4.89. The highest BCUT2D eigenvalue weighted by Gasteiger charge is 1.99. The molecule has 0 N–H and O–H groups in total. The van der Waals surface area contributed by atoms with Crippen LogP contribution in [0.15, 0.2) is 29.4 Å². The third-order valence-electron chi connectivity index (χ3n) is 2.02. The van der Waals surface area contributed by atoms with Crippen molar-refractivity contribution in [2.45, 2.75) is 26.4 Å². The van der Waals surface area contributed by atoms with Crippen molar-refractivity contribution in [2.24, 2.45) is 5.16 Å². The number of benzene rings is 1. The molecule has 0 saturated carbocycles. The number of hydrogen-bond donors (Lipinski definition) is 0. The first-order valence-corrected chi connectivity index (χ1v) is 4.89. The lowest BCUT2D eigenvalue weighted by Gasteiger charge is -2.04. The van der Waals surface area contributed by atoms with Gasteiger partial charge >= 0.3 is 0 Å². The van der Waals surface area contributed by atoms with E-state index in [2.05, 4.69) is 17.4 Å². The van der Waals surface area contributed by atoms with Crippen LogP contribution in [0.4, 0.5) is 0 Å². The molecule has 77 valence electrons. The Balaban J connectivity index is 2.68. The minimum atomic E-state index is 0.0757. The molecular weight excluding hydrogens is 188 g/mol. The zero-order valence-electron chi connectivity index (χ0n) is 8.90. The van der Waals surface area contributed by atoms with Gasteiger partial charge in [0.05, 0.1) is 11.6 Å². The smallest absolute Gasteiger partial charge is 0.141 e. The molecule has 1 atom stereocenters. The van der Waals surface area contributed by atoms with Gasteiger partial charge in [-0.2, -0.15) is 5.26 Å². The predicted molar refractivity (Wildman–Crippen MR) is 58.5 cm³/mol. The standard InChI is InChI=1S/C12H13N2O/c1-3-10(2)15-14-9-12-7-5-4-6-11(12)8-13/h4-7,10H,3H2,1-2H3. The van der Waals surface area contributed by atoms with Gasteiger partial charge in [0.25, 0.3) is 0 Å². The highest BCUT2D eigenvalue weighted by molar-refractivity contribution is 5.82. The Morgan fingerprint density at radius 3 is 2.67 bits per heavy atom. The quantitative estimate of drug-likeness (QED) is 0.555. The number of nitrogens with zero attached hydrogens (tertiary/aromatic N) is 2. The molecule has 0 aliphatic rings. The van der Waals surface area contributed by atoms with E-state index in [0.717, 1.165) is 6.42 Å². The summed E-state index contributed by atoms with van der Waals surface area (Å²) in [5.41, 5.74) is 1.21. The highest BCUT2D eigenvalue weighted by Crippen LogP contribution is 2.04. The topological polar surface area (TPSA) is 45.4 Å². The average molecular weight is 201 g/mol. The second-order valence-electron chi connectivity index (χ2n) is 3.18. The van der Waals surface area contributed by atoms with Crippen LogP contribution in [-0.4, -0.2) is 12.3 Å². The number of rotatable bonds is 4. The van der Waals surface area contributed by atoms with Crippen molar-refractivity contribution in [3.05, 3.63) is 35.4 Å². The van der Waals surface area contributed by atoms with Gasteiger partial charge in [-0.25, -0.2) is 0 Å². The summed E-state index contributed by atoms with van der Waals surface area (Å²) in [5.74, 6) is 0. The monoisotopic (exact) mass is 201 g/mol. The molecule has 1 unspecified atom stereocenters. The number of hydrogen-bond acceptors (Lipinski definition) is 3. The minimum absolute atomic E-state index is 0.0757. The molecule has 0 bridgehead atoms. The Morgan fingerprint density at radius 2 is 2.07 bits per heavy atom. The van der Waals surface area contributed by atoms with Gasteiger partial charge in [-0.1, -0.05) is 30.3 Å². The molecule has 0 aliphatic carbocycles. The molecule has 0 fully saturated rings. The van der Waals surface area contributed by atoms with Crippen molar-refractivity contribution in [2.75, 3.05) is 0 Å². The van der Waals surface area contributed by atoms with E-state index in [1.165, 1.54) is 0 Å². The number of nitriles is 1. The first kappa shape index (κ1) is 11.3. The predicted octanol–water partition coefficient (Wildman–Crippen LogP) is 2.58. The van der Waals surface area contributed by atoms with Crippen LogP contribution < -0.4 is 0 Å². The molecule has 1 rings (SSSR count). The van der Waals surface area contributed by atoms with Gasteiger partial charge in [0, 0.05) is 5.56 Å². The zero-order chi connectivity index (χ0) is 11.1. The van der Waals surface area contributed by atoms with Gasteiger partial charge in [0.2, 0.25) is 0 Å². The van der Waals surface area contributed by atoms with Gasteiger partial charge in [-0.15, -0.1) is 0 Å². The Morgan fingerprint density at radius 1 is 1.40 bits per heavy atom. The van der Waals surface area contributed by atoms with Crippen LogP contribution in [0.3, 0.4) is 0 Å². The first-order chi connectivity index (χ1) is 7.27. The average Bonchev–Trinajstić information content (AvgIpc) is 2.29. The molecule has 0 saturated heterocycles. The van der Waals surface area contributed by atoms with Gasteiger partial charge < -0.3 is 4.84 Å². The molecular formula is C12H13N2O. The molecule has 0 spiro atoms. The molecule has 1 radical (unpaired) electrons. The van der Waals surface area contributed by atoms with Crippen LogP contribution in [0, 0.1) is 11.3 Å². The largest absolute Gasteiger partial charge is 0.392 e. The highest BCUT2D eigenvalue weighted by atomic mass is 16.6. The molecule has 3 nitrogen and oxygen atoms in total. The summed E-state index contributed by atoms with van der Waals surface area (Å²) in [5, 5.41) is 12.5. The van der Waals surface area contributed by atoms with Crippen molar-refractivity contribution in [3.63, 3.8) is 0 Å². The van der Waals surface area contributed by atoms with Gasteiger partial charge in [0.15, 0.2) is 0 Å². The van der Waals surface area contributed by atoms with Crippen molar-refractivity contribution < 1.29 is 4.84 Å². The summed E-state index contributed by atoms with van der Waals surface area (Å²) in [7, 11) is 0. The lowest BCUT2D eigenvalue weighted by molar-refractivity contribution is 0.0712. The Kier molecular flexibility index (Phi) is 4.36. The molecule has 0 amide bonds. The molecule has 1 aromatic rings. The van der Waals surface area contributed by atoms with Crippen LogP contribution in [-0.2, 0) is 4.84 Å². The summed E-state index contributed by atoms with van der Waals surface area (Å²) in [6.07, 6.45) is 3.68. The summed E-state index contributed by atoms with van der Waals surface area (Å²) >= 11 is 0. The van der Waals surface area contributed by atoms with E-state index in [0.29, 0.717) is 11.1 Å². The SMILES string of the molecule is CCC(C)O/N=[C]/c1ccccc1C#N. The van der Waals surface area contributed by atoms with Crippen molar-refractivity contribution in [1.82, 2.24) is 0 Å². The van der Waals surface area contributed by atoms with Gasteiger partial charge in [-0.3, -0.25) is 0 Å². The van der Waals surface area contributed by atoms with E-state index in [9.17, 15) is 0 Å². The second-order valence-corrected chi connectivity index (χ2v) is 3.18. The minimum Gasteiger partial charge on any atom is -0.392 e. The van der Waals surface area contributed by atoms with E-state index < -0.39 is 0 Å². The van der Waals surface area contributed by atoms with Crippen molar-refractivity contribution in [3.8, 4) is 6.07 Å². The van der Waals surface area contributed by atoms with E-state index in [-0.39, 0.29) is 6.10 Å². The molecule has 0 aromatic heterocycles. The van der Waals surface area contributed by atoms with Crippen molar-refractivity contribution in [1.29, 1.82) is 5.26 Å². The van der Waals surface area contributed by atoms with Gasteiger partial charge in [0.1, 0.15) is 12.3 Å². The van der Waals surface area contributed by atoms with E-state index in [4.69, 9.17) is 10.1 Å². The lowest BCUT2D eigenvalue weighted by Crippen LogP contribution is -2.01. The van der Waals surface area contributed by atoms with Crippen molar-refractivity contribution >= 4 is 6.21 Å². The van der Waals surface area contributed by atoms with Gasteiger partial charge in [-0.05, 0) is 19.4 Å². The van der Waals surface area contributed by atoms with E-state index in [1.54, 1.807) is 18.2 Å². The summed E-state index contributed by atoms with van der Waals surface area (Å²) < 4.78 is 0. The van der Waals surface area contributed by atoms with Crippen LogP contribution in [0.5, 0.6) is 0 Å². The van der Waals surface area contributed by atoms with Crippen LogP contribution >= 0.6 is 0 Å². The Labute approximate surface area is 90.0 Å². The third-order valence-corrected chi connectivity index (χ3v) is 2.02. The third kappa shape index (κ3) is 3.43. The molecule has 0 heterocycles. The fraction of sp³-hybridized carbons (Fsp3) is 0.333.